The van der Waals surface area contributed by atoms with Gasteiger partial charge in [-0.3, -0.25) is 0 Å². The molecule has 2 aromatic carbocycles. The Hall–Kier alpha value is -0.866. The van der Waals surface area contributed by atoms with E-state index in [9.17, 15) is 0 Å². The van der Waals surface area contributed by atoms with Gasteiger partial charge in [0, 0.05) is 5.39 Å². The fourth-order valence-corrected chi connectivity index (χ4v) is 4.72. The highest BCUT2D eigenvalue weighted by molar-refractivity contribution is 6.78. The van der Waals surface area contributed by atoms with Crippen LogP contribution in [0, 0.1) is 0 Å². The average Bonchev–Trinajstić information content (AvgIpc) is 2.27. The average molecular weight is 242 g/mol. The monoisotopic (exact) mass is 242 g/mol. The fourth-order valence-electron chi connectivity index (χ4n) is 2.17. The van der Waals surface area contributed by atoms with Crippen LogP contribution in [-0.2, 0) is 0 Å². The van der Waals surface area contributed by atoms with Crippen molar-refractivity contribution in [3.05, 3.63) is 36.4 Å². The normalized spacial score (nSPS) is 11.1. The van der Waals surface area contributed by atoms with Gasteiger partial charge in [-0.2, -0.15) is 0 Å². The van der Waals surface area contributed by atoms with Crippen LogP contribution in [0.4, 0.5) is 0 Å². The largest absolute Gasteiger partial charge is 0.346 e. The molecule has 0 saturated carbocycles. The number of hydrogen-bond acceptors (Lipinski definition) is 0. The van der Waals surface area contributed by atoms with Gasteiger partial charge in [-0.25, -0.2) is 0 Å². The van der Waals surface area contributed by atoms with Crippen molar-refractivity contribution in [2.24, 2.45) is 0 Å². The van der Waals surface area contributed by atoms with Gasteiger partial charge >= 0.3 is 8.80 Å². The van der Waals surface area contributed by atoms with Crippen LogP contribution in [0.3, 0.4) is 0 Å². The lowest BCUT2D eigenvalue weighted by molar-refractivity contribution is 1.78. The predicted octanol–water partition coefficient (Wildman–Crippen LogP) is 2.76. The van der Waals surface area contributed by atoms with Crippen LogP contribution >= 0.6 is 0 Å². The Labute approximate surface area is 102 Å². The van der Waals surface area contributed by atoms with Gasteiger partial charge in [0.2, 0.25) is 0 Å². The molecule has 0 saturated heterocycles. The minimum absolute atomic E-state index is 0.376. The molecule has 0 nitrogen and oxygen atoms in total. The lowest BCUT2D eigenvalue weighted by Crippen LogP contribution is -2.32. The van der Waals surface area contributed by atoms with Gasteiger partial charge in [-0.15, -0.1) is 0 Å². The second-order valence-electron chi connectivity index (χ2n) is 4.71. The molecule has 0 fully saturated rings. The van der Waals surface area contributed by atoms with Crippen molar-refractivity contribution < 1.29 is 0 Å². The zero-order valence-electron chi connectivity index (χ0n) is 10.5. The van der Waals surface area contributed by atoms with Crippen LogP contribution in [0.2, 0.25) is 26.2 Å². The minimum Gasteiger partial charge on any atom is -0.0671 e. The predicted molar refractivity (Wildman–Crippen MR) is 78.2 cm³/mol. The van der Waals surface area contributed by atoms with Gasteiger partial charge < -0.3 is 0 Å². The minimum atomic E-state index is -0.376. The van der Waals surface area contributed by atoms with Crippen LogP contribution in [0.1, 0.15) is 0 Å². The molecule has 0 bridgehead atoms. The van der Waals surface area contributed by atoms with Crippen LogP contribution in [0.25, 0.3) is 10.8 Å². The maximum atomic E-state index is 2.38. The topological polar surface area (TPSA) is 0 Å². The van der Waals surface area contributed by atoms with Gasteiger partial charge in [-0.1, -0.05) is 48.6 Å². The maximum absolute atomic E-state index is 2.38. The summed E-state index contributed by atoms with van der Waals surface area (Å²) in [4.78, 5) is 0. The van der Waals surface area contributed by atoms with Gasteiger partial charge in [0.05, 0.1) is 21.9 Å². The smallest absolute Gasteiger partial charge is 0.0671 e. The molecule has 0 spiro atoms. The first-order valence-corrected chi connectivity index (χ1v) is 10.7. The van der Waals surface area contributed by atoms with Gasteiger partial charge in [-0.05, 0) is 11.5 Å². The zero-order chi connectivity index (χ0) is 11.7. The summed E-state index contributed by atoms with van der Waals surface area (Å²) in [7, 11) is -0.752. The summed E-state index contributed by atoms with van der Waals surface area (Å²) in [5, 5.41) is 6.18. The molecule has 1 radical (unpaired) electrons. The standard InChI is InChI=1S/C14H18Si2/c1-15(2)12-9-5-7-11-8-6-10-13(14(11)12)16(3)4/h5-10H,1-4H3/q+1. The molecule has 0 aliphatic rings. The molecule has 2 rings (SSSR count). The molecular formula is C14H18Si2+. The Kier molecular flexibility index (Phi) is 3.31. The summed E-state index contributed by atoms with van der Waals surface area (Å²) in [5.41, 5.74) is 0. The molecule has 0 amide bonds. The van der Waals surface area contributed by atoms with Crippen molar-refractivity contribution in [1.82, 2.24) is 0 Å². The van der Waals surface area contributed by atoms with Gasteiger partial charge in [0.15, 0.2) is 0 Å². The molecule has 16 heavy (non-hydrogen) atoms. The van der Waals surface area contributed by atoms with E-state index in [4.69, 9.17) is 0 Å². The molecular weight excluding hydrogens is 224 g/mol. The molecule has 0 aromatic heterocycles. The van der Waals surface area contributed by atoms with Crippen LogP contribution in [0.5, 0.6) is 0 Å². The van der Waals surface area contributed by atoms with E-state index in [1.807, 2.05) is 0 Å². The quantitative estimate of drug-likeness (QED) is 0.711. The van der Waals surface area contributed by atoms with Crippen molar-refractivity contribution in [1.29, 1.82) is 0 Å². The van der Waals surface area contributed by atoms with E-state index in [1.54, 1.807) is 15.8 Å². The third-order valence-corrected chi connectivity index (χ3v) is 5.97. The summed E-state index contributed by atoms with van der Waals surface area (Å²) in [6.45, 7) is 9.53. The number of hydrogen-bond donors (Lipinski definition) is 0. The van der Waals surface area contributed by atoms with E-state index in [1.165, 1.54) is 5.39 Å². The highest BCUT2D eigenvalue weighted by atomic mass is 28.3. The lowest BCUT2D eigenvalue weighted by Gasteiger charge is -2.10. The summed E-state index contributed by atoms with van der Waals surface area (Å²) in [5.74, 6) is 0. The van der Waals surface area contributed by atoms with Crippen molar-refractivity contribution in [2.75, 3.05) is 0 Å². The Morgan fingerprint density at radius 1 is 0.938 bits per heavy atom. The first kappa shape index (κ1) is 11.6. The third-order valence-electron chi connectivity index (χ3n) is 2.98. The zero-order valence-corrected chi connectivity index (χ0v) is 12.5. The highest BCUT2D eigenvalue weighted by Crippen LogP contribution is 2.11. The Bertz CT molecular complexity index is 458. The molecule has 0 heterocycles. The van der Waals surface area contributed by atoms with Crippen LogP contribution < -0.4 is 10.4 Å². The van der Waals surface area contributed by atoms with Crippen molar-refractivity contribution >= 4 is 38.7 Å². The van der Waals surface area contributed by atoms with E-state index in [0.29, 0.717) is 0 Å². The Morgan fingerprint density at radius 3 is 2.12 bits per heavy atom. The van der Waals surface area contributed by atoms with Crippen LogP contribution in [-0.4, -0.2) is 17.6 Å². The first-order chi connectivity index (χ1) is 7.61. The third kappa shape index (κ3) is 1.99. The van der Waals surface area contributed by atoms with Gasteiger partial charge in [0.25, 0.3) is 0 Å². The SMILES string of the molecule is C[Si](C)c1cccc2cccc([Si+](C)C)c12. The number of benzene rings is 2. The molecule has 0 aliphatic carbocycles. The Balaban J connectivity index is 2.82. The summed E-state index contributed by atoms with van der Waals surface area (Å²) in [6, 6.07) is 13.6. The number of fused-ring (bicyclic) bond motifs is 1. The van der Waals surface area contributed by atoms with E-state index in [-0.39, 0.29) is 17.6 Å². The van der Waals surface area contributed by atoms with E-state index < -0.39 is 0 Å². The summed E-state index contributed by atoms with van der Waals surface area (Å²) in [6.07, 6.45) is 0. The second-order valence-corrected chi connectivity index (χ2v) is 9.79. The molecule has 81 valence electrons. The van der Waals surface area contributed by atoms with Crippen LogP contribution in [0.15, 0.2) is 36.4 Å². The molecule has 0 unspecified atom stereocenters. The molecule has 2 heteroatoms. The maximum Gasteiger partial charge on any atom is 0.346 e. The molecule has 0 N–H and O–H groups in total. The Morgan fingerprint density at radius 2 is 1.56 bits per heavy atom. The van der Waals surface area contributed by atoms with Crippen molar-refractivity contribution in [3.63, 3.8) is 0 Å². The van der Waals surface area contributed by atoms with Crippen molar-refractivity contribution in [2.45, 2.75) is 26.2 Å². The lowest BCUT2D eigenvalue weighted by atomic mass is 10.1. The van der Waals surface area contributed by atoms with E-state index in [0.717, 1.165) is 0 Å². The molecule has 2 aromatic rings. The second kappa shape index (κ2) is 4.56. The molecule has 0 aliphatic heterocycles. The van der Waals surface area contributed by atoms with Gasteiger partial charge in [0.1, 0.15) is 5.19 Å². The summed E-state index contributed by atoms with van der Waals surface area (Å²) < 4.78 is 0. The highest BCUT2D eigenvalue weighted by Gasteiger charge is 2.21. The summed E-state index contributed by atoms with van der Waals surface area (Å²) >= 11 is 0. The first-order valence-electron chi connectivity index (χ1n) is 5.74. The molecule has 0 atom stereocenters. The number of rotatable bonds is 2. The van der Waals surface area contributed by atoms with E-state index in [2.05, 4.69) is 62.6 Å². The van der Waals surface area contributed by atoms with E-state index >= 15 is 0 Å². The van der Waals surface area contributed by atoms with Crippen molar-refractivity contribution in [3.8, 4) is 0 Å². The fraction of sp³-hybridized carbons (Fsp3) is 0.286.